The number of methoxy groups -OCH3 is 1. The molecule has 0 unspecified atom stereocenters. The average molecular weight is 458 g/mol. The molecule has 1 aromatic heterocycles. The van der Waals surface area contributed by atoms with Crippen molar-refractivity contribution < 1.29 is 23.4 Å². The highest BCUT2D eigenvalue weighted by Gasteiger charge is 2.32. The van der Waals surface area contributed by atoms with Gasteiger partial charge in [-0.3, -0.25) is 0 Å². The van der Waals surface area contributed by atoms with Gasteiger partial charge in [-0.15, -0.1) is 0 Å². The van der Waals surface area contributed by atoms with Crippen molar-refractivity contribution in [3.8, 4) is 22.9 Å². The van der Waals surface area contributed by atoms with E-state index in [1.807, 2.05) is 65.5 Å². The molecule has 7 heteroatoms. The summed E-state index contributed by atoms with van der Waals surface area (Å²) in [7, 11) is 1.39. The Morgan fingerprint density at radius 1 is 0.853 bits per heavy atom. The molecular formula is C27H23FN2O4. The minimum absolute atomic E-state index is 0.0168. The van der Waals surface area contributed by atoms with Crippen molar-refractivity contribution in [3.63, 3.8) is 0 Å². The van der Waals surface area contributed by atoms with Crippen LogP contribution in [0.2, 0.25) is 0 Å². The van der Waals surface area contributed by atoms with Crippen molar-refractivity contribution in [1.82, 2.24) is 4.57 Å². The Balaban J connectivity index is 1.25. The largest absolute Gasteiger partial charge is 0.487 e. The number of nitrogens with zero attached hydrogens (tertiary/aromatic N) is 2. The highest BCUT2D eigenvalue weighted by molar-refractivity contribution is 5.96. The summed E-state index contributed by atoms with van der Waals surface area (Å²) in [4.78, 5) is 14.5. The molecule has 0 spiro atoms. The molecule has 0 aliphatic carbocycles. The summed E-state index contributed by atoms with van der Waals surface area (Å²) in [6, 6.07) is 22.7. The van der Waals surface area contributed by atoms with Gasteiger partial charge in [-0.2, -0.15) is 0 Å². The lowest BCUT2D eigenvalue weighted by Gasteiger charge is -2.41. The maximum Gasteiger partial charge on any atom is 0.340 e. The highest BCUT2D eigenvalue weighted by atomic mass is 19.1. The number of rotatable bonds is 7. The Labute approximate surface area is 196 Å². The van der Waals surface area contributed by atoms with E-state index in [9.17, 15) is 9.18 Å². The van der Waals surface area contributed by atoms with Crippen LogP contribution in [0, 0.1) is 5.82 Å². The van der Waals surface area contributed by atoms with Gasteiger partial charge in [0.1, 0.15) is 29.2 Å². The predicted octanol–water partition coefficient (Wildman–Crippen LogP) is 5.46. The number of ether oxygens (including phenoxy) is 3. The van der Waals surface area contributed by atoms with Crippen molar-refractivity contribution in [2.24, 2.45) is 0 Å². The first-order valence-corrected chi connectivity index (χ1v) is 10.9. The normalized spacial score (nSPS) is 13.3. The van der Waals surface area contributed by atoms with E-state index >= 15 is 0 Å². The van der Waals surface area contributed by atoms with Gasteiger partial charge in [0.15, 0.2) is 0 Å². The maximum atomic E-state index is 13.0. The molecule has 0 amide bonds. The van der Waals surface area contributed by atoms with Crippen molar-refractivity contribution >= 4 is 11.7 Å². The minimum atomic E-state index is -0.373. The first-order chi connectivity index (χ1) is 16.6. The SMILES string of the molecule is COC(=O)c1cccc(N2CC(Oc3ccc(Oc4ccc(F)cc4)cc3)C2)c1-n1cccc1. The zero-order valence-corrected chi connectivity index (χ0v) is 18.6. The molecule has 4 aromatic rings. The van der Waals surface area contributed by atoms with Crippen LogP contribution in [0.3, 0.4) is 0 Å². The third-order valence-electron chi connectivity index (χ3n) is 5.65. The van der Waals surface area contributed by atoms with Gasteiger partial charge in [0, 0.05) is 12.4 Å². The lowest BCUT2D eigenvalue weighted by atomic mass is 10.1. The summed E-state index contributed by atoms with van der Waals surface area (Å²) in [5.41, 5.74) is 2.25. The molecule has 1 saturated heterocycles. The first-order valence-electron chi connectivity index (χ1n) is 10.9. The lowest BCUT2D eigenvalue weighted by Crippen LogP contribution is -2.54. The van der Waals surface area contributed by atoms with Crippen LogP contribution >= 0.6 is 0 Å². The molecule has 0 atom stereocenters. The van der Waals surface area contributed by atoms with E-state index in [1.54, 1.807) is 18.2 Å². The second-order valence-corrected chi connectivity index (χ2v) is 7.93. The quantitative estimate of drug-likeness (QED) is 0.344. The second kappa shape index (κ2) is 9.31. The fourth-order valence-corrected chi connectivity index (χ4v) is 3.94. The maximum absolute atomic E-state index is 13.0. The monoisotopic (exact) mass is 458 g/mol. The predicted molar refractivity (Wildman–Crippen MR) is 127 cm³/mol. The first kappa shape index (κ1) is 21.6. The Morgan fingerprint density at radius 2 is 1.47 bits per heavy atom. The van der Waals surface area contributed by atoms with Gasteiger partial charge in [-0.1, -0.05) is 6.07 Å². The molecule has 1 fully saturated rings. The zero-order chi connectivity index (χ0) is 23.5. The van der Waals surface area contributed by atoms with Crippen LogP contribution in [0.25, 0.3) is 5.69 Å². The van der Waals surface area contributed by atoms with Gasteiger partial charge in [0.25, 0.3) is 0 Å². The Bertz CT molecular complexity index is 1270. The van der Waals surface area contributed by atoms with Gasteiger partial charge < -0.3 is 23.7 Å². The van der Waals surface area contributed by atoms with Gasteiger partial charge in [0.2, 0.25) is 0 Å². The van der Waals surface area contributed by atoms with Crippen molar-refractivity contribution in [3.05, 3.63) is 103 Å². The summed E-state index contributed by atoms with van der Waals surface area (Å²) >= 11 is 0. The number of esters is 1. The lowest BCUT2D eigenvalue weighted by molar-refractivity contribution is 0.0600. The molecule has 5 rings (SSSR count). The molecule has 172 valence electrons. The van der Waals surface area contributed by atoms with Crippen LogP contribution < -0.4 is 14.4 Å². The Hall–Kier alpha value is -4.26. The van der Waals surface area contributed by atoms with Crippen LogP contribution in [0.5, 0.6) is 17.2 Å². The molecule has 0 bridgehead atoms. The second-order valence-electron chi connectivity index (χ2n) is 7.93. The zero-order valence-electron chi connectivity index (χ0n) is 18.6. The van der Waals surface area contributed by atoms with Crippen molar-refractivity contribution in [1.29, 1.82) is 0 Å². The molecule has 2 heterocycles. The molecule has 0 radical (unpaired) electrons. The summed E-state index contributed by atoms with van der Waals surface area (Å²) in [6.45, 7) is 1.37. The van der Waals surface area contributed by atoms with Gasteiger partial charge in [-0.05, 0) is 72.8 Å². The number of hydrogen-bond acceptors (Lipinski definition) is 5. The summed E-state index contributed by atoms with van der Waals surface area (Å²) < 4.78 is 31.8. The third kappa shape index (κ3) is 4.45. The summed E-state index contributed by atoms with van der Waals surface area (Å²) in [5, 5.41) is 0. The number of hydrogen-bond donors (Lipinski definition) is 0. The van der Waals surface area contributed by atoms with Crippen molar-refractivity contribution in [2.45, 2.75) is 6.10 Å². The number of halogens is 1. The van der Waals surface area contributed by atoms with E-state index < -0.39 is 0 Å². The summed E-state index contributed by atoms with van der Waals surface area (Å²) in [5.74, 6) is 1.28. The van der Waals surface area contributed by atoms with E-state index in [1.165, 1.54) is 19.2 Å². The van der Waals surface area contributed by atoms with E-state index in [2.05, 4.69) is 4.90 Å². The van der Waals surface area contributed by atoms with Crippen LogP contribution in [0.4, 0.5) is 10.1 Å². The average Bonchev–Trinajstić information content (AvgIpc) is 3.37. The fraction of sp³-hybridized carbons (Fsp3) is 0.148. The Morgan fingerprint density at radius 3 is 2.12 bits per heavy atom. The molecule has 0 saturated carbocycles. The van der Waals surface area contributed by atoms with Crippen LogP contribution in [-0.2, 0) is 4.74 Å². The smallest absolute Gasteiger partial charge is 0.340 e. The molecule has 0 N–H and O–H groups in total. The molecule has 3 aromatic carbocycles. The third-order valence-corrected chi connectivity index (χ3v) is 5.65. The molecule has 1 aliphatic rings. The van der Waals surface area contributed by atoms with Crippen LogP contribution in [-0.4, -0.2) is 36.8 Å². The molecule has 6 nitrogen and oxygen atoms in total. The van der Waals surface area contributed by atoms with Gasteiger partial charge in [-0.25, -0.2) is 9.18 Å². The topological polar surface area (TPSA) is 52.9 Å². The van der Waals surface area contributed by atoms with E-state index in [0.717, 1.165) is 17.1 Å². The number of carbonyl (C=O) groups excluding carboxylic acids is 1. The highest BCUT2D eigenvalue weighted by Crippen LogP contribution is 2.33. The van der Waals surface area contributed by atoms with E-state index in [-0.39, 0.29) is 17.9 Å². The number of para-hydroxylation sites is 1. The summed E-state index contributed by atoms with van der Waals surface area (Å²) in [6.07, 6.45) is 3.84. The Kier molecular flexibility index (Phi) is 5.91. The van der Waals surface area contributed by atoms with Gasteiger partial charge in [0.05, 0.1) is 37.1 Å². The number of anilines is 1. The van der Waals surface area contributed by atoms with Crippen molar-refractivity contribution in [2.75, 3.05) is 25.1 Å². The number of aromatic nitrogens is 1. The number of benzene rings is 3. The minimum Gasteiger partial charge on any atom is -0.487 e. The molecule has 1 aliphatic heterocycles. The van der Waals surface area contributed by atoms with Gasteiger partial charge >= 0.3 is 5.97 Å². The molecular weight excluding hydrogens is 435 g/mol. The van der Waals surface area contributed by atoms with Crippen LogP contribution in [0.15, 0.2) is 91.3 Å². The number of carbonyl (C=O) groups is 1. The fourth-order valence-electron chi connectivity index (χ4n) is 3.94. The van der Waals surface area contributed by atoms with Crippen LogP contribution in [0.1, 0.15) is 10.4 Å². The molecule has 34 heavy (non-hydrogen) atoms. The van der Waals surface area contributed by atoms with E-state index in [4.69, 9.17) is 14.2 Å². The van der Waals surface area contributed by atoms with E-state index in [0.29, 0.717) is 30.2 Å². The standard InChI is InChI=1S/C27H23FN2O4/c1-32-27(31)24-5-4-6-25(26(24)29-15-2-3-16-29)30-17-23(18-30)34-22-13-11-21(12-14-22)33-20-9-7-19(28)8-10-20/h2-16,23H,17-18H2,1H3.